The smallest absolute Gasteiger partial charge is 0.282 e. The zero-order valence-corrected chi connectivity index (χ0v) is 18.2. The average Bonchev–Trinajstić information content (AvgIpc) is 3.00. The Balaban J connectivity index is 1.88. The van der Waals surface area contributed by atoms with Crippen molar-refractivity contribution >= 4 is 40.4 Å². The summed E-state index contributed by atoms with van der Waals surface area (Å²) in [6.45, 7) is 3.97. The Morgan fingerprint density at radius 2 is 1.58 bits per heavy atom. The van der Waals surface area contributed by atoms with Crippen LogP contribution in [0.1, 0.15) is 16.7 Å². The van der Waals surface area contributed by atoms with Crippen molar-refractivity contribution in [3.63, 3.8) is 0 Å². The summed E-state index contributed by atoms with van der Waals surface area (Å²) in [7, 11) is 1.55. The number of amides is 2. The number of methoxy groups -OCH3 is 1. The summed E-state index contributed by atoms with van der Waals surface area (Å²) in [4.78, 5) is 28.1. The minimum atomic E-state index is -0.475. The lowest BCUT2D eigenvalue weighted by molar-refractivity contribution is -0.120. The maximum absolute atomic E-state index is 13.5. The van der Waals surface area contributed by atoms with Crippen LogP contribution in [0.25, 0.3) is 5.57 Å². The molecule has 0 atom stereocenters. The van der Waals surface area contributed by atoms with Crippen LogP contribution in [0.3, 0.4) is 0 Å². The lowest BCUT2D eigenvalue weighted by atomic mass is 9.99. The van der Waals surface area contributed by atoms with Crippen LogP contribution < -0.4 is 15.0 Å². The standard InChI is InChI=1S/C25H21ClN2O3/c1-15-12-13-17(14-16(15)2)22-23(27-19-9-5-7-11-21(19)31-3)25(30)28(24(22)29)20-10-6-4-8-18(20)26/h4-14,27H,1-3H3. The maximum atomic E-state index is 13.5. The first-order valence-electron chi connectivity index (χ1n) is 9.77. The Bertz CT molecular complexity index is 1230. The third kappa shape index (κ3) is 3.68. The molecule has 0 fully saturated rings. The molecule has 0 saturated carbocycles. The first-order valence-corrected chi connectivity index (χ1v) is 10.2. The molecule has 1 heterocycles. The van der Waals surface area contributed by atoms with E-state index in [1.807, 2.05) is 44.2 Å². The minimum absolute atomic E-state index is 0.178. The van der Waals surface area contributed by atoms with Crippen LogP contribution >= 0.6 is 11.6 Å². The molecular formula is C25H21ClN2O3. The number of hydrogen-bond donors (Lipinski definition) is 1. The van der Waals surface area contributed by atoms with Gasteiger partial charge < -0.3 is 10.1 Å². The quantitative estimate of drug-likeness (QED) is 0.551. The predicted octanol–water partition coefficient (Wildman–Crippen LogP) is 5.36. The highest BCUT2D eigenvalue weighted by atomic mass is 35.5. The Kier molecular flexibility index (Phi) is 5.53. The molecule has 4 rings (SSSR count). The van der Waals surface area contributed by atoms with Crippen LogP contribution in [0.4, 0.5) is 11.4 Å². The van der Waals surface area contributed by atoms with Gasteiger partial charge in [0.2, 0.25) is 0 Å². The fourth-order valence-electron chi connectivity index (χ4n) is 3.54. The van der Waals surface area contributed by atoms with Crippen molar-refractivity contribution in [3.8, 4) is 5.75 Å². The van der Waals surface area contributed by atoms with Crippen LogP contribution in [-0.2, 0) is 9.59 Å². The van der Waals surface area contributed by atoms with Crippen molar-refractivity contribution < 1.29 is 14.3 Å². The molecule has 1 N–H and O–H groups in total. The van der Waals surface area contributed by atoms with E-state index in [2.05, 4.69) is 5.32 Å². The van der Waals surface area contributed by atoms with E-state index in [1.54, 1.807) is 43.5 Å². The third-order valence-corrected chi connectivity index (χ3v) is 5.66. The van der Waals surface area contributed by atoms with E-state index < -0.39 is 11.8 Å². The van der Waals surface area contributed by atoms with Gasteiger partial charge in [-0.25, -0.2) is 4.90 Å². The molecule has 2 amide bonds. The molecule has 3 aromatic carbocycles. The van der Waals surface area contributed by atoms with Gasteiger partial charge in [0.15, 0.2) is 0 Å². The number of aryl methyl sites for hydroxylation is 2. The normalized spacial score (nSPS) is 13.7. The third-order valence-electron chi connectivity index (χ3n) is 5.34. The monoisotopic (exact) mass is 432 g/mol. The summed E-state index contributed by atoms with van der Waals surface area (Å²) in [5.41, 5.74) is 4.19. The van der Waals surface area contributed by atoms with Gasteiger partial charge in [0.05, 0.1) is 29.1 Å². The number of hydrogen-bond acceptors (Lipinski definition) is 4. The van der Waals surface area contributed by atoms with Gasteiger partial charge >= 0.3 is 0 Å². The van der Waals surface area contributed by atoms with Gasteiger partial charge in [0.1, 0.15) is 11.4 Å². The molecule has 0 spiro atoms. The lowest BCUT2D eigenvalue weighted by Crippen LogP contribution is -2.32. The van der Waals surface area contributed by atoms with Gasteiger partial charge in [-0.3, -0.25) is 9.59 Å². The summed E-state index contributed by atoms with van der Waals surface area (Å²) in [6.07, 6.45) is 0. The zero-order chi connectivity index (χ0) is 22.1. The fourth-order valence-corrected chi connectivity index (χ4v) is 3.77. The minimum Gasteiger partial charge on any atom is -0.495 e. The number of anilines is 2. The van der Waals surface area contributed by atoms with Gasteiger partial charge in [0, 0.05) is 0 Å². The van der Waals surface area contributed by atoms with Crippen LogP contribution in [0, 0.1) is 13.8 Å². The van der Waals surface area contributed by atoms with Crippen LogP contribution in [-0.4, -0.2) is 18.9 Å². The Labute approximate surface area is 185 Å². The van der Waals surface area contributed by atoms with E-state index in [4.69, 9.17) is 16.3 Å². The number of carbonyl (C=O) groups excluding carboxylic acids is 2. The van der Waals surface area contributed by atoms with E-state index in [0.29, 0.717) is 33.3 Å². The van der Waals surface area contributed by atoms with E-state index in [0.717, 1.165) is 16.0 Å². The predicted molar refractivity (Wildman–Crippen MR) is 123 cm³/mol. The Morgan fingerprint density at radius 3 is 2.29 bits per heavy atom. The first-order chi connectivity index (χ1) is 14.9. The lowest BCUT2D eigenvalue weighted by Gasteiger charge is -2.17. The molecule has 1 aliphatic heterocycles. The summed E-state index contributed by atoms with van der Waals surface area (Å²) in [5, 5.41) is 3.46. The van der Waals surface area contributed by atoms with E-state index >= 15 is 0 Å². The summed E-state index contributed by atoms with van der Waals surface area (Å²) in [5.74, 6) is -0.345. The topological polar surface area (TPSA) is 58.6 Å². The van der Waals surface area contributed by atoms with Crippen molar-refractivity contribution in [2.24, 2.45) is 0 Å². The molecule has 0 unspecified atom stereocenters. The van der Waals surface area contributed by atoms with E-state index in [-0.39, 0.29) is 5.70 Å². The molecule has 0 aromatic heterocycles. The molecule has 1 aliphatic rings. The van der Waals surface area contributed by atoms with Crippen molar-refractivity contribution in [2.45, 2.75) is 13.8 Å². The first kappa shape index (κ1) is 20.7. The number of nitrogens with zero attached hydrogens (tertiary/aromatic N) is 1. The largest absolute Gasteiger partial charge is 0.495 e. The van der Waals surface area contributed by atoms with Crippen molar-refractivity contribution in [3.05, 3.63) is 94.1 Å². The van der Waals surface area contributed by atoms with Gasteiger partial charge in [0.25, 0.3) is 11.8 Å². The molecular weight excluding hydrogens is 412 g/mol. The second-order valence-electron chi connectivity index (χ2n) is 7.27. The van der Waals surface area contributed by atoms with Gasteiger partial charge in [-0.1, -0.05) is 54.1 Å². The number of imide groups is 1. The van der Waals surface area contributed by atoms with Gasteiger partial charge in [-0.2, -0.15) is 0 Å². The van der Waals surface area contributed by atoms with Crippen LogP contribution in [0.5, 0.6) is 5.75 Å². The van der Waals surface area contributed by atoms with Crippen LogP contribution in [0.15, 0.2) is 72.4 Å². The molecule has 3 aromatic rings. The SMILES string of the molecule is COc1ccccc1NC1=C(c2ccc(C)c(C)c2)C(=O)N(c2ccccc2Cl)C1=O. The molecule has 0 radical (unpaired) electrons. The van der Waals surface area contributed by atoms with Gasteiger partial charge in [-0.15, -0.1) is 0 Å². The number of ether oxygens (including phenoxy) is 1. The average molecular weight is 433 g/mol. The van der Waals surface area contributed by atoms with Crippen molar-refractivity contribution in [1.29, 1.82) is 0 Å². The van der Waals surface area contributed by atoms with Crippen molar-refractivity contribution in [2.75, 3.05) is 17.3 Å². The molecule has 156 valence electrons. The highest BCUT2D eigenvalue weighted by Crippen LogP contribution is 2.38. The zero-order valence-electron chi connectivity index (χ0n) is 17.4. The van der Waals surface area contributed by atoms with E-state index in [9.17, 15) is 9.59 Å². The van der Waals surface area contributed by atoms with Gasteiger partial charge in [-0.05, 0) is 54.8 Å². The number of rotatable bonds is 5. The molecule has 0 aliphatic carbocycles. The number of carbonyl (C=O) groups is 2. The summed E-state index contributed by atoms with van der Waals surface area (Å²) in [6, 6.07) is 19.7. The Morgan fingerprint density at radius 1 is 0.871 bits per heavy atom. The Hall–Kier alpha value is -3.57. The van der Waals surface area contributed by atoms with E-state index in [1.165, 1.54) is 0 Å². The maximum Gasteiger partial charge on any atom is 0.282 e. The summed E-state index contributed by atoms with van der Waals surface area (Å²) < 4.78 is 5.41. The fraction of sp³-hybridized carbons (Fsp3) is 0.120. The second-order valence-corrected chi connectivity index (χ2v) is 7.68. The molecule has 0 bridgehead atoms. The number of benzene rings is 3. The van der Waals surface area contributed by atoms with Crippen LogP contribution in [0.2, 0.25) is 5.02 Å². The summed E-state index contributed by atoms with van der Waals surface area (Å²) >= 11 is 6.33. The number of halogens is 1. The van der Waals surface area contributed by atoms with Crippen molar-refractivity contribution in [1.82, 2.24) is 0 Å². The molecule has 5 nitrogen and oxygen atoms in total. The number of nitrogens with one attached hydrogen (secondary N) is 1. The highest BCUT2D eigenvalue weighted by molar-refractivity contribution is 6.48. The molecule has 0 saturated heterocycles. The second kappa shape index (κ2) is 8.28. The molecule has 6 heteroatoms. The number of para-hydroxylation sites is 3. The highest BCUT2D eigenvalue weighted by Gasteiger charge is 2.41. The molecule has 31 heavy (non-hydrogen) atoms.